The van der Waals surface area contributed by atoms with E-state index >= 15 is 0 Å². The number of hydrogen-bond acceptors (Lipinski definition) is 14. The summed E-state index contributed by atoms with van der Waals surface area (Å²) in [6, 6.07) is 21.5. The number of aryl methyl sites for hydroxylation is 2. The van der Waals surface area contributed by atoms with Crippen molar-refractivity contribution < 1.29 is 45.2 Å². The number of hydrogen-bond donors (Lipinski definition) is 2. The Kier molecular flexibility index (Phi) is 17.1. The first-order valence-electron chi connectivity index (χ1n) is 23.1. The Morgan fingerprint density at radius 1 is 0.564 bits per heavy atom. The zero-order valence-electron chi connectivity index (χ0n) is 42.0. The van der Waals surface area contributed by atoms with Crippen molar-refractivity contribution in [2.75, 3.05) is 10.6 Å². The SMILES string of the molecule is CC1(C)OB(c2ccncc2)OC1(C)C.Cc1ncc(NC(=O)c2ccnc(C(F)(F)F)c2)cc1-c1cnc(-c2ccncc2)c(C#N)c1.Cc1ncc(NC(=O)c2ccnc(C(F)(F)F)c2)cc1-c1cnc(Cl)c(C#N)c1. The van der Waals surface area contributed by atoms with Crippen LogP contribution in [0, 0.1) is 36.5 Å². The molecule has 8 aromatic rings. The van der Waals surface area contributed by atoms with E-state index in [2.05, 4.69) is 56.6 Å². The van der Waals surface area contributed by atoms with Crippen LogP contribution in [-0.2, 0) is 21.7 Å². The maximum atomic E-state index is 12.9. The molecule has 0 aromatic carbocycles. The average Bonchev–Trinajstić information content (AvgIpc) is 3.80. The Labute approximate surface area is 447 Å². The van der Waals surface area contributed by atoms with Crippen LogP contribution in [0.3, 0.4) is 0 Å². The maximum Gasteiger partial charge on any atom is 0.494 e. The summed E-state index contributed by atoms with van der Waals surface area (Å²) >= 11 is 5.84. The molecule has 78 heavy (non-hydrogen) atoms. The molecule has 2 amide bonds. The number of nitriles is 2. The van der Waals surface area contributed by atoms with Crippen molar-refractivity contribution in [3.8, 4) is 45.6 Å². The molecular weight excluding hydrogens is 1040 g/mol. The van der Waals surface area contributed by atoms with Gasteiger partial charge in [-0.15, -0.1) is 0 Å². The molecule has 0 aliphatic carbocycles. The highest BCUT2D eigenvalue weighted by molar-refractivity contribution is 6.62. The second kappa shape index (κ2) is 23.5. The van der Waals surface area contributed by atoms with Crippen molar-refractivity contribution in [1.29, 1.82) is 10.5 Å². The van der Waals surface area contributed by atoms with E-state index in [9.17, 15) is 41.2 Å². The fourth-order valence-electron chi connectivity index (χ4n) is 7.26. The van der Waals surface area contributed by atoms with E-state index in [4.69, 9.17) is 26.2 Å². The van der Waals surface area contributed by atoms with Gasteiger partial charge in [0.1, 0.15) is 28.7 Å². The van der Waals surface area contributed by atoms with Crippen LogP contribution < -0.4 is 16.1 Å². The summed E-state index contributed by atoms with van der Waals surface area (Å²) in [6.45, 7) is 11.7. The van der Waals surface area contributed by atoms with Gasteiger partial charge in [0.25, 0.3) is 11.8 Å². The molecule has 1 fully saturated rings. The quantitative estimate of drug-likeness (QED) is 0.0820. The van der Waals surface area contributed by atoms with E-state index < -0.39 is 35.6 Å². The standard InChI is InChI=1S/C24H15F3N6O.C19H11ClF3N5O.C11H16BNO2/c1-14-20(18-8-17(11-28)22(32-12-18)15-2-5-29-6-3-15)10-19(13-31-14)33-23(34)16-4-7-30-21(9-16)24(25,26)27;1-10-15(13-4-12(7-24)17(20)27-8-13)6-14(9-26-10)28-18(29)11-2-3-25-16(5-11)19(21,22)23;1-10(2)11(3,4)15-12(14-10)9-5-7-13-8-6-9/h2-10,12-13H,1H3,(H,33,34);2-6,8-9H,1H3,(H,28,29);5-8H,1-4H3. The number of amides is 2. The van der Waals surface area contributed by atoms with Gasteiger partial charge in [-0.25, -0.2) is 4.98 Å². The van der Waals surface area contributed by atoms with Crippen molar-refractivity contribution in [2.24, 2.45) is 0 Å². The van der Waals surface area contributed by atoms with E-state index in [1.807, 2.05) is 45.9 Å². The monoisotopic (exact) mass is 1080 g/mol. The normalized spacial score (nSPS) is 13.3. The summed E-state index contributed by atoms with van der Waals surface area (Å²) in [7, 11) is -0.280. The number of nitrogens with one attached hydrogen (secondary N) is 2. The average molecular weight is 1080 g/mol. The third-order valence-electron chi connectivity index (χ3n) is 12.1. The molecule has 0 unspecified atom stereocenters. The van der Waals surface area contributed by atoms with Gasteiger partial charge in [0.05, 0.1) is 51.8 Å². The van der Waals surface area contributed by atoms with E-state index in [1.165, 1.54) is 36.8 Å². The van der Waals surface area contributed by atoms with E-state index in [-0.39, 0.29) is 51.5 Å². The molecule has 0 bridgehead atoms. The Hall–Kier alpha value is -9.03. The smallest absolute Gasteiger partial charge is 0.399 e. The van der Waals surface area contributed by atoms with Crippen LogP contribution in [0.5, 0.6) is 0 Å². The highest BCUT2D eigenvalue weighted by Gasteiger charge is 2.51. The summed E-state index contributed by atoms with van der Waals surface area (Å²) in [5.74, 6) is -1.49. The summed E-state index contributed by atoms with van der Waals surface area (Å²) in [6.07, 6.45) is 5.04. The van der Waals surface area contributed by atoms with Crippen molar-refractivity contribution in [3.05, 3.63) is 185 Å². The number of anilines is 2. The molecular formula is C54H42BClF6N12O4. The van der Waals surface area contributed by atoms with Gasteiger partial charge in [-0.05, 0) is 120 Å². The first-order chi connectivity index (χ1) is 36.9. The second-order valence-corrected chi connectivity index (χ2v) is 18.3. The lowest BCUT2D eigenvalue weighted by molar-refractivity contribution is -0.142. The predicted molar refractivity (Wildman–Crippen MR) is 276 cm³/mol. The van der Waals surface area contributed by atoms with Gasteiger partial charge in [-0.3, -0.25) is 44.5 Å². The van der Waals surface area contributed by atoms with Crippen LogP contribution in [0.15, 0.2) is 135 Å². The van der Waals surface area contributed by atoms with Crippen molar-refractivity contribution in [2.45, 2.75) is 65.1 Å². The summed E-state index contributed by atoms with van der Waals surface area (Å²) < 4.78 is 88.9. The third kappa shape index (κ3) is 13.7. The molecule has 24 heteroatoms. The van der Waals surface area contributed by atoms with Gasteiger partial charge in [0.2, 0.25) is 0 Å². The molecule has 1 saturated heterocycles. The number of alkyl halides is 6. The minimum absolute atomic E-state index is 0.0597. The van der Waals surface area contributed by atoms with E-state index in [0.717, 1.165) is 23.4 Å². The highest BCUT2D eigenvalue weighted by Crippen LogP contribution is 2.37. The highest BCUT2D eigenvalue weighted by atomic mass is 35.5. The molecule has 394 valence electrons. The van der Waals surface area contributed by atoms with Crippen LogP contribution >= 0.6 is 11.6 Å². The molecule has 1 aliphatic heterocycles. The molecule has 0 radical (unpaired) electrons. The largest absolute Gasteiger partial charge is 0.494 e. The minimum Gasteiger partial charge on any atom is -0.399 e. The number of nitrogens with zero attached hydrogens (tertiary/aromatic N) is 10. The third-order valence-corrected chi connectivity index (χ3v) is 12.4. The zero-order valence-corrected chi connectivity index (χ0v) is 42.8. The Balaban J connectivity index is 0.000000181. The fraction of sp³-hybridized carbons (Fsp3) is 0.185. The van der Waals surface area contributed by atoms with E-state index in [0.29, 0.717) is 57.0 Å². The van der Waals surface area contributed by atoms with Gasteiger partial charge in [0.15, 0.2) is 0 Å². The molecule has 9 heterocycles. The van der Waals surface area contributed by atoms with Crippen molar-refractivity contribution >= 4 is 47.4 Å². The van der Waals surface area contributed by atoms with Crippen LogP contribution in [-0.4, -0.2) is 70.0 Å². The lowest BCUT2D eigenvalue weighted by atomic mass is 9.80. The Bertz CT molecular complexity index is 3580. The van der Waals surface area contributed by atoms with Gasteiger partial charge >= 0.3 is 19.5 Å². The molecule has 16 nitrogen and oxygen atoms in total. The maximum absolute atomic E-state index is 12.9. The number of pyridine rings is 8. The van der Waals surface area contributed by atoms with Gasteiger partial charge < -0.3 is 19.9 Å². The molecule has 8 aromatic heterocycles. The second-order valence-electron chi connectivity index (χ2n) is 18.0. The molecule has 1 aliphatic rings. The molecule has 0 saturated carbocycles. The number of carbonyl (C=O) groups is 2. The Morgan fingerprint density at radius 2 is 1.00 bits per heavy atom. The molecule has 2 N–H and O–H groups in total. The van der Waals surface area contributed by atoms with Gasteiger partial charge in [-0.2, -0.15) is 36.9 Å². The molecule has 9 rings (SSSR count). The van der Waals surface area contributed by atoms with Crippen LogP contribution in [0.1, 0.15) is 82.3 Å². The van der Waals surface area contributed by atoms with Crippen LogP contribution in [0.2, 0.25) is 5.15 Å². The predicted octanol–water partition coefficient (Wildman–Crippen LogP) is 11.1. The summed E-state index contributed by atoms with van der Waals surface area (Å²) in [5.41, 5.74) is 3.58. The molecule has 0 atom stereocenters. The minimum atomic E-state index is -4.66. The van der Waals surface area contributed by atoms with Crippen LogP contribution in [0.25, 0.3) is 33.5 Å². The number of rotatable bonds is 8. The summed E-state index contributed by atoms with van der Waals surface area (Å²) in [5, 5.41) is 23.9. The van der Waals surface area contributed by atoms with E-state index in [1.54, 1.807) is 75.2 Å². The van der Waals surface area contributed by atoms with Crippen molar-refractivity contribution in [1.82, 2.24) is 39.9 Å². The van der Waals surface area contributed by atoms with Crippen LogP contribution in [0.4, 0.5) is 37.7 Å². The first kappa shape index (κ1) is 56.7. The number of carbonyl (C=O) groups excluding carboxylic acids is 2. The number of aromatic nitrogens is 8. The van der Waals surface area contributed by atoms with Crippen molar-refractivity contribution in [3.63, 3.8) is 0 Å². The topological polar surface area (TPSA) is 227 Å². The first-order valence-corrected chi connectivity index (χ1v) is 23.5. The lowest BCUT2D eigenvalue weighted by Gasteiger charge is -2.32. The lowest BCUT2D eigenvalue weighted by Crippen LogP contribution is -2.41. The zero-order chi connectivity index (χ0) is 56.6. The number of halogens is 7. The fourth-order valence-corrected chi connectivity index (χ4v) is 7.40. The molecule has 0 spiro atoms. The summed E-state index contributed by atoms with van der Waals surface area (Å²) in [4.78, 5) is 56.2. The Morgan fingerprint density at radius 3 is 1.45 bits per heavy atom. The van der Waals surface area contributed by atoms with Gasteiger partial charge in [0, 0.05) is 99.9 Å². The van der Waals surface area contributed by atoms with Gasteiger partial charge in [-0.1, -0.05) is 11.6 Å².